The molecular weight excluding hydrogens is 332 g/mol. The molecule has 0 saturated heterocycles. The van der Waals surface area contributed by atoms with Crippen LogP contribution >= 0.6 is 0 Å². The fraction of sp³-hybridized carbons (Fsp3) is 0.333. The zero-order valence-corrected chi connectivity index (χ0v) is 14.3. The number of carbonyl (C=O) groups is 1. The fourth-order valence-electron chi connectivity index (χ4n) is 3.22. The number of carbonyl (C=O) groups excluding carboxylic acids is 1. The average Bonchev–Trinajstić information content (AvgIpc) is 3.31. The summed E-state index contributed by atoms with van der Waals surface area (Å²) >= 11 is 0. The number of rotatable bonds is 5. The second kappa shape index (κ2) is 7.38. The molecule has 0 aromatic carbocycles. The van der Waals surface area contributed by atoms with Crippen LogP contribution in [0.3, 0.4) is 0 Å². The molecule has 4 heterocycles. The van der Waals surface area contributed by atoms with Gasteiger partial charge in [0.1, 0.15) is 6.26 Å². The van der Waals surface area contributed by atoms with Crippen LogP contribution in [0, 0.1) is 5.92 Å². The van der Waals surface area contributed by atoms with Gasteiger partial charge in [-0.1, -0.05) is 0 Å². The summed E-state index contributed by atoms with van der Waals surface area (Å²) in [6.07, 6.45) is 9.11. The second-order valence-corrected chi connectivity index (χ2v) is 6.36. The van der Waals surface area contributed by atoms with Crippen LogP contribution in [0.2, 0.25) is 0 Å². The van der Waals surface area contributed by atoms with Gasteiger partial charge in [0, 0.05) is 38.2 Å². The van der Waals surface area contributed by atoms with Crippen molar-refractivity contribution >= 4 is 11.9 Å². The van der Waals surface area contributed by atoms with Gasteiger partial charge in [0.2, 0.25) is 5.95 Å². The van der Waals surface area contributed by atoms with E-state index in [1.54, 1.807) is 30.7 Å². The first-order chi connectivity index (χ1) is 12.8. The van der Waals surface area contributed by atoms with Crippen LogP contribution in [0.25, 0.3) is 0 Å². The smallest absolute Gasteiger partial charge is 0.257 e. The van der Waals surface area contributed by atoms with Gasteiger partial charge in [0.25, 0.3) is 5.91 Å². The number of furan rings is 1. The van der Waals surface area contributed by atoms with Crippen LogP contribution in [-0.2, 0) is 13.1 Å². The molecule has 1 aliphatic rings. The molecule has 0 spiro atoms. The molecule has 3 aromatic rings. The zero-order valence-electron chi connectivity index (χ0n) is 14.3. The van der Waals surface area contributed by atoms with E-state index in [0.717, 1.165) is 25.2 Å². The van der Waals surface area contributed by atoms with Gasteiger partial charge in [0.15, 0.2) is 0 Å². The van der Waals surface area contributed by atoms with E-state index >= 15 is 0 Å². The molecule has 8 heteroatoms. The lowest BCUT2D eigenvalue weighted by molar-refractivity contribution is 0.0718. The molecule has 4 rings (SSSR count). The molecule has 1 aliphatic heterocycles. The first-order valence-corrected chi connectivity index (χ1v) is 8.62. The molecule has 134 valence electrons. The highest BCUT2D eigenvalue weighted by atomic mass is 16.3. The molecular formula is C18H20N6O2. The molecule has 26 heavy (non-hydrogen) atoms. The quantitative estimate of drug-likeness (QED) is 0.756. The number of hydrogen-bond donors (Lipinski definition) is 1. The number of amides is 1. The Labute approximate surface area is 150 Å². The molecule has 0 fully saturated rings. The molecule has 0 aliphatic carbocycles. The van der Waals surface area contributed by atoms with Gasteiger partial charge < -0.3 is 14.6 Å². The summed E-state index contributed by atoms with van der Waals surface area (Å²) in [7, 11) is 0. The molecule has 0 radical (unpaired) electrons. The lowest BCUT2D eigenvalue weighted by Gasteiger charge is -2.23. The van der Waals surface area contributed by atoms with E-state index in [9.17, 15) is 4.79 Å². The Morgan fingerprint density at radius 2 is 2.12 bits per heavy atom. The molecule has 1 N–H and O–H groups in total. The van der Waals surface area contributed by atoms with Gasteiger partial charge in [0.05, 0.1) is 24.1 Å². The Morgan fingerprint density at radius 3 is 2.92 bits per heavy atom. The van der Waals surface area contributed by atoms with Crippen LogP contribution in [0.4, 0.5) is 5.95 Å². The van der Waals surface area contributed by atoms with E-state index in [2.05, 4.69) is 20.4 Å². The number of hydrogen-bond acceptors (Lipinski definition) is 6. The third kappa shape index (κ3) is 3.58. The van der Waals surface area contributed by atoms with E-state index in [0.29, 0.717) is 24.6 Å². The summed E-state index contributed by atoms with van der Waals surface area (Å²) in [5, 5.41) is 7.64. The maximum absolute atomic E-state index is 12.8. The molecule has 8 nitrogen and oxygen atoms in total. The summed E-state index contributed by atoms with van der Waals surface area (Å²) in [6, 6.07) is 5.46. The standard InChI is InChI=1S/C18H20N6O2/c25-17(15-4-9-26-13-15)23-10-14(11-24-16(12-23)3-8-22-24)2-7-21-18-19-5-1-6-20-18/h1,3-6,8-9,13-14H,2,7,10-12H2,(H,19,20,21). The van der Waals surface area contributed by atoms with Crippen molar-refractivity contribution in [1.82, 2.24) is 24.6 Å². The number of aromatic nitrogens is 4. The van der Waals surface area contributed by atoms with E-state index in [4.69, 9.17) is 4.42 Å². The highest BCUT2D eigenvalue weighted by Crippen LogP contribution is 2.20. The Bertz CT molecular complexity index is 846. The fourth-order valence-corrected chi connectivity index (χ4v) is 3.22. The third-order valence-corrected chi connectivity index (χ3v) is 4.52. The summed E-state index contributed by atoms with van der Waals surface area (Å²) in [4.78, 5) is 23.0. The molecule has 0 saturated carbocycles. The number of fused-ring (bicyclic) bond motifs is 1. The van der Waals surface area contributed by atoms with E-state index in [-0.39, 0.29) is 11.8 Å². The summed E-state index contributed by atoms with van der Waals surface area (Å²) in [6.45, 7) is 2.74. The van der Waals surface area contributed by atoms with Crippen LogP contribution in [0.1, 0.15) is 22.5 Å². The normalized spacial score (nSPS) is 16.8. The maximum atomic E-state index is 12.8. The van der Waals surface area contributed by atoms with Crippen molar-refractivity contribution in [3.05, 3.63) is 60.6 Å². The van der Waals surface area contributed by atoms with Crippen molar-refractivity contribution in [1.29, 1.82) is 0 Å². The lowest BCUT2D eigenvalue weighted by atomic mass is 10.0. The predicted octanol–water partition coefficient (Wildman–Crippen LogP) is 2.04. The van der Waals surface area contributed by atoms with Crippen LogP contribution in [0.15, 0.2) is 53.7 Å². The van der Waals surface area contributed by atoms with Crippen LogP contribution in [-0.4, -0.2) is 43.6 Å². The summed E-state index contributed by atoms with van der Waals surface area (Å²) < 4.78 is 7.06. The zero-order chi connectivity index (χ0) is 17.8. The molecule has 3 aromatic heterocycles. The van der Waals surface area contributed by atoms with Gasteiger partial charge in [-0.25, -0.2) is 9.97 Å². The maximum Gasteiger partial charge on any atom is 0.257 e. The Hall–Kier alpha value is -3.16. The van der Waals surface area contributed by atoms with Crippen molar-refractivity contribution < 1.29 is 9.21 Å². The number of nitrogens with zero attached hydrogens (tertiary/aromatic N) is 5. The third-order valence-electron chi connectivity index (χ3n) is 4.52. The van der Waals surface area contributed by atoms with E-state index in [1.165, 1.54) is 12.5 Å². The molecule has 1 atom stereocenters. The largest absolute Gasteiger partial charge is 0.472 e. The minimum absolute atomic E-state index is 0.0160. The van der Waals surface area contributed by atoms with Gasteiger partial charge in [-0.05, 0) is 30.5 Å². The topological polar surface area (TPSA) is 89.1 Å². The van der Waals surface area contributed by atoms with Crippen LogP contribution in [0.5, 0.6) is 0 Å². The predicted molar refractivity (Wildman–Crippen MR) is 94.3 cm³/mol. The Kier molecular flexibility index (Phi) is 4.63. The minimum Gasteiger partial charge on any atom is -0.472 e. The van der Waals surface area contributed by atoms with Crippen molar-refractivity contribution in [2.75, 3.05) is 18.4 Å². The first-order valence-electron chi connectivity index (χ1n) is 8.62. The Balaban J connectivity index is 1.45. The van der Waals surface area contributed by atoms with Crippen molar-refractivity contribution in [3.63, 3.8) is 0 Å². The lowest BCUT2D eigenvalue weighted by Crippen LogP contribution is -2.34. The highest BCUT2D eigenvalue weighted by molar-refractivity contribution is 5.93. The van der Waals surface area contributed by atoms with Gasteiger partial charge in [-0.2, -0.15) is 5.10 Å². The average molecular weight is 352 g/mol. The summed E-state index contributed by atoms with van der Waals surface area (Å²) in [5.74, 6) is 0.883. The first kappa shape index (κ1) is 16.3. The van der Waals surface area contributed by atoms with Crippen LogP contribution < -0.4 is 5.32 Å². The molecule has 1 unspecified atom stereocenters. The van der Waals surface area contributed by atoms with Crippen molar-refractivity contribution in [3.8, 4) is 0 Å². The van der Waals surface area contributed by atoms with Gasteiger partial charge >= 0.3 is 0 Å². The number of nitrogens with one attached hydrogen (secondary N) is 1. The monoisotopic (exact) mass is 352 g/mol. The molecule has 0 bridgehead atoms. The van der Waals surface area contributed by atoms with Crippen molar-refractivity contribution in [2.45, 2.75) is 19.5 Å². The van der Waals surface area contributed by atoms with E-state index < -0.39 is 0 Å². The van der Waals surface area contributed by atoms with Crippen molar-refractivity contribution in [2.24, 2.45) is 5.92 Å². The second-order valence-electron chi connectivity index (χ2n) is 6.36. The molecule has 1 amide bonds. The SMILES string of the molecule is O=C(c1ccoc1)N1Cc2ccnn2CC(CCNc2ncccn2)C1. The highest BCUT2D eigenvalue weighted by Gasteiger charge is 2.26. The minimum atomic E-state index is -0.0160. The Morgan fingerprint density at radius 1 is 1.23 bits per heavy atom. The summed E-state index contributed by atoms with van der Waals surface area (Å²) in [5.41, 5.74) is 1.62. The van der Waals surface area contributed by atoms with E-state index in [1.807, 2.05) is 15.6 Å². The number of anilines is 1. The van der Waals surface area contributed by atoms with Gasteiger partial charge in [-0.3, -0.25) is 9.48 Å². The van der Waals surface area contributed by atoms with Gasteiger partial charge in [-0.15, -0.1) is 0 Å².